The van der Waals surface area contributed by atoms with Crippen LogP contribution in [0.2, 0.25) is 0 Å². The van der Waals surface area contributed by atoms with Crippen molar-refractivity contribution in [1.29, 1.82) is 0 Å². The number of aromatic nitrogens is 3. The monoisotopic (exact) mass is 286 g/mol. The molecule has 0 aromatic carbocycles. The SMILES string of the molecule is NCc1cc(-c2nc(C3CN4CCN3CC4)no2)ccn1. The summed E-state index contributed by atoms with van der Waals surface area (Å²) in [5.74, 6) is 1.32. The molecule has 0 aliphatic carbocycles. The number of piperazine rings is 3. The first-order valence-corrected chi connectivity index (χ1v) is 7.29. The zero-order valence-corrected chi connectivity index (χ0v) is 11.8. The van der Waals surface area contributed by atoms with E-state index in [1.165, 1.54) is 0 Å². The number of rotatable bonds is 3. The number of pyridine rings is 1. The van der Waals surface area contributed by atoms with E-state index in [1.54, 1.807) is 6.20 Å². The van der Waals surface area contributed by atoms with E-state index < -0.39 is 0 Å². The molecule has 7 nitrogen and oxygen atoms in total. The highest BCUT2D eigenvalue weighted by Crippen LogP contribution is 2.28. The van der Waals surface area contributed by atoms with Crippen LogP contribution in [0, 0.1) is 0 Å². The van der Waals surface area contributed by atoms with Gasteiger partial charge in [0.15, 0.2) is 5.82 Å². The van der Waals surface area contributed by atoms with Crippen LogP contribution in [-0.4, -0.2) is 57.6 Å². The molecule has 3 aliphatic heterocycles. The third-order valence-corrected chi connectivity index (χ3v) is 4.29. The van der Waals surface area contributed by atoms with Gasteiger partial charge in [0.1, 0.15) is 0 Å². The van der Waals surface area contributed by atoms with Gasteiger partial charge in [-0.05, 0) is 12.1 Å². The van der Waals surface area contributed by atoms with E-state index in [9.17, 15) is 0 Å². The maximum Gasteiger partial charge on any atom is 0.258 e. The maximum atomic E-state index is 5.62. The van der Waals surface area contributed by atoms with Gasteiger partial charge in [-0.1, -0.05) is 5.16 Å². The van der Waals surface area contributed by atoms with Gasteiger partial charge in [-0.15, -0.1) is 0 Å². The van der Waals surface area contributed by atoms with E-state index in [1.807, 2.05) is 12.1 Å². The summed E-state index contributed by atoms with van der Waals surface area (Å²) in [5, 5.41) is 4.18. The summed E-state index contributed by atoms with van der Waals surface area (Å²) in [7, 11) is 0. The molecule has 3 aliphatic rings. The van der Waals surface area contributed by atoms with Crippen LogP contribution in [0.1, 0.15) is 17.6 Å². The van der Waals surface area contributed by atoms with Crippen LogP contribution in [0.4, 0.5) is 0 Å². The molecule has 7 heteroatoms. The van der Waals surface area contributed by atoms with Crippen LogP contribution >= 0.6 is 0 Å². The summed E-state index contributed by atoms with van der Waals surface area (Å²) in [6.45, 7) is 5.85. The molecule has 3 saturated heterocycles. The largest absolute Gasteiger partial charge is 0.334 e. The van der Waals surface area contributed by atoms with Crippen LogP contribution < -0.4 is 5.73 Å². The van der Waals surface area contributed by atoms with Crippen molar-refractivity contribution >= 4 is 0 Å². The van der Waals surface area contributed by atoms with Crippen molar-refractivity contribution in [3.8, 4) is 11.5 Å². The van der Waals surface area contributed by atoms with E-state index in [-0.39, 0.29) is 6.04 Å². The minimum absolute atomic E-state index is 0.251. The van der Waals surface area contributed by atoms with Crippen molar-refractivity contribution in [3.05, 3.63) is 29.8 Å². The third-order valence-electron chi connectivity index (χ3n) is 4.29. The fraction of sp³-hybridized carbons (Fsp3) is 0.500. The van der Waals surface area contributed by atoms with Gasteiger partial charge < -0.3 is 10.3 Å². The lowest BCUT2D eigenvalue weighted by molar-refractivity contribution is 0.00781. The number of nitrogens with zero attached hydrogens (tertiary/aromatic N) is 5. The minimum atomic E-state index is 0.251. The molecule has 0 spiro atoms. The number of hydrogen-bond acceptors (Lipinski definition) is 7. The summed E-state index contributed by atoms with van der Waals surface area (Å²) in [6, 6.07) is 4.02. The van der Waals surface area contributed by atoms with Gasteiger partial charge in [0.2, 0.25) is 0 Å². The Kier molecular flexibility index (Phi) is 3.17. The highest BCUT2D eigenvalue weighted by atomic mass is 16.5. The molecule has 2 aromatic rings. The van der Waals surface area contributed by atoms with Crippen LogP contribution in [0.25, 0.3) is 11.5 Å². The van der Waals surface area contributed by atoms with E-state index >= 15 is 0 Å². The summed E-state index contributed by atoms with van der Waals surface area (Å²) in [4.78, 5) is 13.7. The fourth-order valence-corrected chi connectivity index (χ4v) is 3.07. The van der Waals surface area contributed by atoms with Crippen molar-refractivity contribution in [1.82, 2.24) is 24.9 Å². The molecule has 21 heavy (non-hydrogen) atoms. The number of fused-ring (bicyclic) bond motifs is 3. The Balaban J connectivity index is 1.60. The average Bonchev–Trinajstić information content (AvgIpc) is 3.06. The van der Waals surface area contributed by atoms with Gasteiger partial charge in [0.05, 0.1) is 11.7 Å². The van der Waals surface area contributed by atoms with E-state index in [4.69, 9.17) is 10.3 Å². The fourth-order valence-electron chi connectivity index (χ4n) is 3.07. The second-order valence-electron chi connectivity index (χ2n) is 5.55. The average molecular weight is 286 g/mol. The number of nitrogens with two attached hydrogens (primary N) is 1. The lowest BCUT2D eigenvalue weighted by Crippen LogP contribution is -2.57. The second-order valence-corrected chi connectivity index (χ2v) is 5.55. The summed E-state index contributed by atoms with van der Waals surface area (Å²) in [6.07, 6.45) is 1.72. The molecule has 2 bridgehead atoms. The quantitative estimate of drug-likeness (QED) is 0.866. The van der Waals surface area contributed by atoms with E-state index in [2.05, 4.69) is 24.9 Å². The van der Waals surface area contributed by atoms with Gasteiger partial charge in [-0.25, -0.2) is 0 Å². The Morgan fingerprint density at radius 2 is 2.14 bits per heavy atom. The maximum absolute atomic E-state index is 5.62. The Labute approximate surface area is 122 Å². The first-order chi connectivity index (χ1) is 10.3. The van der Waals surface area contributed by atoms with Crippen LogP contribution in [0.15, 0.2) is 22.9 Å². The summed E-state index contributed by atoms with van der Waals surface area (Å²) < 4.78 is 5.44. The van der Waals surface area contributed by atoms with Gasteiger partial charge in [-0.3, -0.25) is 14.8 Å². The van der Waals surface area contributed by atoms with Gasteiger partial charge in [0.25, 0.3) is 5.89 Å². The molecule has 5 heterocycles. The molecular weight excluding hydrogens is 268 g/mol. The van der Waals surface area contributed by atoms with Crippen molar-refractivity contribution in [3.63, 3.8) is 0 Å². The molecule has 2 aromatic heterocycles. The molecule has 1 atom stereocenters. The second kappa shape index (κ2) is 5.18. The molecular formula is C14H18N6O. The smallest absolute Gasteiger partial charge is 0.258 e. The van der Waals surface area contributed by atoms with E-state index in [0.29, 0.717) is 12.4 Å². The standard InChI is InChI=1S/C14H18N6O/c15-8-11-7-10(1-2-16-11)14-17-13(18-21-14)12-9-19-3-5-20(12)6-4-19/h1-2,7,12H,3-6,8-9,15H2. The van der Waals surface area contributed by atoms with Crippen LogP contribution in [-0.2, 0) is 6.54 Å². The van der Waals surface area contributed by atoms with Crippen molar-refractivity contribution in [2.75, 3.05) is 32.7 Å². The molecule has 1 unspecified atom stereocenters. The predicted octanol–water partition coefficient (Wildman–Crippen LogP) is 0.263. The van der Waals surface area contributed by atoms with Gasteiger partial charge in [-0.2, -0.15) is 4.98 Å². The summed E-state index contributed by atoms with van der Waals surface area (Å²) in [5.41, 5.74) is 7.31. The molecule has 5 rings (SSSR count). The predicted molar refractivity (Wildman–Crippen MR) is 76.2 cm³/mol. The Morgan fingerprint density at radius 3 is 2.86 bits per heavy atom. The highest BCUT2D eigenvalue weighted by molar-refractivity contribution is 5.52. The van der Waals surface area contributed by atoms with Crippen LogP contribution in [0.5, 0.6) is 0 Å². The summed E-state index contributed by atoms with van der Waals surface area (Å²) >= 11 is 0. The van der Waals surface area contributed by atoms with Crippen molar-refractivity contribution in [2.24, 2.45) is 5.73 Å². The Morgan fingerprint density at radius 1 is 1.29 bits per heavy atom. The zero-order chi connectivity index (χ0) is 14.2. The Hall–Kier alpha value is -1.83. The van der Waals surface area contributed by atoms with Gasteiger partial charge in [0, 0.05) is 51.0 Å². The highest BCUT2D eigenvalue weighted by Gasteiger charge is 2.35. The third kappa shape index (κ3) is 2.33. The molecule has 0 amide bonds. The lowest BCUT2D eigenvalue weighted by atomic mass is 10.1. The van der Waals surface area contributed by atoms with Crippen molar-refractivity contribution in [2.45, 2.75) is 12.6 Å². The Bertz CT molecular complexity index is 634. The van der Waals surface area contributed by atoms with Crippen LogP contribution in [0.3, 0.4) is 0 Å². The van der Waals surface area contributed by atoms with Crippen molar-refractivity contribution < 1.29 is 4.52 Å². The topological polar surface area (TPSA) is 84.3 Å². The molecule has 3 fully saturated rings. The minimum Gasteiger partial charge on any atom is -0.334 e. The molecule has 0 radical (unpaired) electrons. The normalized spacial score (nSPS) is 28.0. The first kappa shape index (κ1) is 12.9. The lowest BCUT2D eigenvalue weighted by Gasteiger charge is -2.46. The zero-order valence-electron chi connectivity index (χ0n) is 11.8. The van der Waals surface area contributed by atoms with Gasteiger partial charge >= 0.3 is 0 Å². The number of hydrogen-bond donors (Lipinski definition) is 1. The first-order valence-electron chi connectivity index (χ1n) is 7.29. The molecule has 110 valence electrons. The molecule has 2 N–H and O–H groups in total. The molecule has 0 saturated carbocycles. The van der Waals surface area contributed by atoms with E-state index in [0.717, 1.165) is 49.8 Å².